The lowest BCUT2D eigenvalue weighted by molar-refractivity contribution is 0.00583. The number of carbonyl (C=O) groups excluding carboxylic acids is 1. The third-order valence-corrected chi connectivity index (χ3v) is 4.68. The number of carbonyl (C=O) groups is 1. The number of hydrogen-bond acceptors (Lipinski definition) is 3. The molecule has 2 aliphatic rings. The molecule has 2 heterocycles. The summed E-state index contributed by atoms with van der Waals surface area (Å²) in [5.74, 6) is 0.739. The van der Waals surface area contributed by atoms with E-state index in [9.17, 15) is 9.90 Å². The number of ether oxygens (including phenoxy) is 1. The van der Waals surface area contributed by atoms with Crippen molar-refractivity contribution in [1.29, 1.82) is 0 Å². The van der Waals surface area contributed by atoms with Gasteiger partial charge in [0.1, 0.15) is 11.4 Å². The molecule has 120 valence electrons. The maximum atomic E-state index is 12.4. The summed E-state index contributed by atoms with van der Waals surface area (Å²) in [5.41, 5.74) is 0.735. The summed E-state index contributed by atoms with van der Waals surface area (Å²) in [6, 6.07) is 8.06. The third kappa shape index (κ3) is 3.06. The summed E-state index contributed by atoms with van der Waals surface area (Å²) < 4.78 is 5.57. The molecule has 2 saturated heterocycles. The highest BCUT2D eigenvalue weighted by atomic mass is 16.6. The highest BCUT2D eigenvalue weighted by molar-refractivity contribution is 5.69. The molecule has 1 amide bonds. The fraction of sp³-hybridized carbons (Fsp3) is 0.611. The van der Waals surface area contributed by atoms with Gasteiger partial charge in [-0.25, -0.2) is 4.79 Å². The molecule has 1 aromatic rings. The lowest BCUT2D eigenvalue weighted by atomic mass is 9.85. The molecule has 2 aliphatic heterocycles. The maximum Gasteiger partial charge on any atom is 0.410 e. The number of piperidine rings is 1. The molecular formula is C18H25NO3. The lowest BCUT2D eigenvalue weighted by Gasteiger charge is -2.39. The van der Waals surface area contributed by atoms with Crippen molar-refractivity contribution in [3.8, 4) is 5.75 Å². The normalized spacial score (nSPS) is 27.8. The van der Waals surface area contributed by atoms with Gasteiger partial charge in [0.2, 0.25) is 0 Å². The van der Waals surface area contributed by atoms with Crippen molar-refractivity contribution in [3.05, 3.63) is 29.8 Å². The van der Waals surface area contributed by atoms with Crippen LogP contribution in [0.1, 0.15) is 57.9 Å². The van der Waals surface area contributed by atoms with Crippen molar-refractivity contribution < 1.29 is 14.6 Å². The Morgan fingerprint density at radius 1 is 1.23 bits per heavy atom. The first-order valence-corrected chi connectivity index (χ1v) is 8.14. The van der Waals surface area contributed by atoms with Crippen LogP contribution < -0.4 is 0 Å². The third-order valence-electron chi connectivity index (χ3n) is 4.68. The molecule has 4 nitrogen and oxygen atoms in total. The number of rotatable bonds is 1. The smallest absolute Gasteiger partial charge is 0.410 e. The van der Waals surface area contributed by atoms with Crippen molar-refractivity contribution in [1.82, 2.24) is 4.90 Å². The molecule has 0 radical (unpaired) electrons. The molecule has 3 atom stereocenters. The van der Waals surface area contributed by atoms with Crippen molar-refractivity contribution in [2.45, 2.75) is 70.1 Å². The number of hydrogen-bond donors (Lipinski definition) is 1. The standard InChI is InChI=1S/C18H25NO3/c1-18(2,3)22-17(21)19-14-7-8-15(19)10-13(9-14)12-5-4-6-16(20)11-12/h4-6,11,13-15,20H,7-10H2,1-3H3/t13-,14+,15-. The van der Waals surface area contributed by atoms with E-state index in [1.807, 2.05) is 37.8 Å². The molecule has 1 N–H and O–H groups in total. The molecule has 0 spiro atoms. The number of benzene rings is 1. The van der Waals surface area contributed by atoms with Crippen molar-refractivity contribution in [2.24, 2.45) is 0 Å². The van der Waals surface area contributed by atoms with Crippen LogP contribution in [0.5, 0.6) is 5.75 Å². The molecule has 2 bridgehead atoms. The number of nitrogens with zero attached hydrogens (tertiary/aromatic N) is 1. The van der Waals surface area contributed by atoms with Gasteiger partial charge in [-0.1, -0.05) is 12.1 Å². The number of amides is 1. The first-order valence-electron chi connectivity index (χ1n) is 8.14. The van der Waals surface area contributed by atoms with E-state index in [4.69, 9.17) is 4.74 Å². The highest BCUT2D eigenvalue weighted by Gasteiger charge is 2.45. The van der Waals surface area contributed by atoms with Gasteiger partial charge < -0.3 is 14.7 Å². The van der Waals surface area contributed by atoms with Gasteiger partial charge in [-0.15, -0.1) is 0 Å². The van der Waals surface area contributed by atoms with Crippen molar-refractivity contribution >= 4 is 6.09 Å². The minimum atomic E-state index is -0.446. The lowest BCUT2D eigenvalue weighted by Crippen LogP contribution is -2.48. The quantitative estimate of drug-likeness (QED) is 0.852. The molecule has 0 aromatic heterocycles. The van der Waals surface area contributed by atoms with E-state index in [1.165, 1.54) is 5.56 Å². The van der Waals surface area contributed by atoms with E-state index >= 15 is 0 Å². The second kappa shape index (κ2) is 5.49. The molecule has 0 saturated carbocycles. The Kier molecular flexibility index (Phi) is 3.79. The Bertz CT molecular complexity index is 550. The van der Waals surface area contributed by atoms with Gasteiger partial charge in [0.15, 0.2) is 0 Å². The topological polar surface area (TPSA) is 49.8 Å². The van der Waals surface area contributed by atoms with Crippen molar-refractivity contribution in [3.63, 3.8) is 0 Å². The Morgan fingerprint density at radius 2 is 1.86 bits per heavy atom. The van der Waals surface area contributed by atoms with E-state index in [0.717, 1.165) is 25.7 Å². The number of phenolic OH excluding ortho intramolecular Hbond substituents is 1. The molecule has 3 rings (SSSR count). The Morgan fingerprint density at radius 3 is 2.41 bits per heavy atom. The summed E-state index contributed by atoms with van der Waals surface area (Å²) >= 11 is 0. The fourth-order valence-corrected chi connectivity index (χ4v) is 3.84. The largest absolute Gasteiger partial charge is 0.508 e. The highest BCUT2D eigenvalue weighted by Crippen LogP contribution is 2.44. The number of aromatic hydroxyl groups is 1. The Balaban J connectivity index is 1.73. The van der Waals surface area contributed by atoms with E-state index in [2.05, 4.69) is 6.07 Å². The molecule has 0 aliphatic carbocycles. The monoisotopic (exact) mass is 303 g/mol. The molecular weight excluding hydrogens is 278 g/mol. The van der Waals surface area contributed by atoms with Gasteiger partial charge in [0.25, 0.3) is 0 Å². The zero-order valence-corrected chi connectivity index (χ0v) is 13.6. The van der Waals surface area contributed by atoms with Crippen LogP contribution in [0.3, 0.4) is 0 Å². The molecule has 4 heteroatoms. The zero-order valence-electron chi connectivity index (χ0n) is 13.6. The van der Waals surface area contributed by atoms with Crippen LogP contribution in [0.4, 0.5) is 4.79 Å². The predicted octanol–water partition coefficient (Wildman–Crippen LogP) is 4.04. The van der Waals surface area contributed by atoms with E-state index in [0.29, 0.717) is 11.7 Å². The molecule has 1 aromatic carbocycles. The summed E-state index contributed by atoms with van der Waals surface area (Å²) in [4.78, 5) is 14.4. The Hall–Kier alpha value is -1.71. The van der Waals surface area contributed by atoms with Gasteiger partial charge in [0, 0.05) is 12.1 Å². The zero-order chi connectivity index (χ0) is 15.9. The minimum absolute atomic E-state index is 0.172. The second-order valence-electron chi connectivity index (χ2n) is 7.54. The maximum absolute atomic E-state index is 12.4. The van der Waals surface area contributed by atoms with Crippen LogP contribution in [-0.4, -0.2) is 33.8 Å². The van der Waals surface area contributed by atoms with Gasteiger partial charge in [-0.3, -0.25) is 0 Å². The first kappa shape index (κ1) is 15.2. The van der Waals surface area contributed by atoms with E-state index < -0.39 is 5.60 Å². The van der Waals surface area contributed by atoms with Gasteiger partial charge in [-0.2, -0.15) is 0 Å². The Labute approximate surface area is 132 Å². The van der Waals surface area contributed by atoms with Crippen molar-refractivity contribution in [2.75, 3.05) is 0 Å². The van der Waals surface area contributed by atoms with E-state index in [-0.39, 0.29) is 18.2 Å². The van der Waals surface area contributed by atoms with Gasteiger partial charge in [0.05, 0.1) is 0 Å². The molecule has 0 unspecified atom stereocenters. The van der Waals surface area contributed by atoms with Crippen LogP contribution >= 0.6 is 0 Å². The van der Waals surface area contributed by atoms with Crippen LogP contribution in [0.15, 0.2) is 24.3 Å². The fourth-order valence-electron chi connectivity index (χ4n) is 3.84. The van der Waals surface area contributed by atoms with E-state index in [1.54, 1.807) is 6.07 Å². The number of fused-ring (bicyclic) bond motifs is 2. The van der Waals surface area contributed by atoms with Gasteiger partial charge >= 0.3 is 6.09 Å². The SMILES string of the molecule is CC(C)(C)OC(=O)N1[C@@H]2CC[C@H]1C[C@@H](c1cccc(O)c1)C2. The predicted molar refractivity (Wildman–Crippen MR) is 85.0 cm³/mol. The van der Waals surface area contributed by atoms with Crippen LogP contribution in [0.2, 0.25) is 0 Å². The van der Waals surface area contributed by atoms with Crippen LogP contribution in [0, 0.1) is 0 Å². The van der Waals surface area contributed by atoms with Gasteiger partial charge in [-0.05, 0) is 70.1 Å². The summed E-state index contributed by atoms with van der Waals surface area (Å²) in [7, 11) is 0. The van der Waals surface area contributed by atoms with Crippen LogP contribution in [-0.2, 0) is 4.74 Å². The molecule has 2 fully saturated rings. The summed E-state index contributed by atoms with van der Waals surface area (Å²) in [6.45, 7) is 5.73. The first-order chi connectivity index (χ1) is 10.3. The minimum Gasteiger partial charge on any atom is -0.508 e. The summed E-state index contributed by atoms with van der Waals surface area (Å²) in [5, 5.41) is 9.67. The second-order valence-corrected chi connectivity index (χ2v) is 7.54. The number of phenols is 1. The molecule has 22 heavy (non-hydrogen) atoms. The average molecular weight is 303 g/mol. The average Bonchev–Trinajstić information content (AvgIpc) is 2.68. The summed E-state index contributed by atoms with van der Waals surface area (Å²) in [6.07, 6.45) is 3.85. The van der Waals surface area contributed by atoms with Crippen LogP contribution in [0.25, 0.3) is 0 Å².